The summed E-state index contributed by atoms with van der Waals surface area (Å²) in [7, 11) is 1.68. The first-order valence-electron chi connectivity index (χ1n) is 8.83. The molecule has 0 aliphatic carbocycles. The minimum atomic E-state index is -0.629. The zero-order valence-electron chi connectivity index (χ0n) is 15.6. The summed E-state index contributed by atoms with van der Waals surface area (Å²) < 4.78 is 20.0. The van der Waals surface area contributed by atoms with E-state index in [1.807, 2.05) is 29.2 Å². The summed E-state index contributed by atoms with van der Waals surface area (Å²) in [4.78, 5) is 4.14. The van der Waals surface area contributed by atoms with Crippen molar-refractivity contribution in [3.63, 3.8) is 0 Å². The van der Waals surface area contributed by atoms with E-state index in [4.69, 9.17) is 14.2 Å². The Bertz CT molecular complexity index is 667. The lowest BCUT2D eigenvalue weighted by molar-refractivity contribution is -0.332. The minimum absolute atomic E-state index is 0.0125. The molecule has 25 heavy (non-hydrogen) atoms. The zero-order valence-corrected chi connectivity index (χ0v) is 15.6. The Hall–Kier alpha value is -1.85. The molecule has 0 bridgehead atoms. The molecule has 5 heteroatoms. The number of rotatable bonds is 6. The number of hydrogen-bond acceptors (Lipinski definition) is 4. The third-order valence-corrected chi connectivity index (χ3v) is 5.14. The van der Waals surface area contributed by atoms with Crippen molar-refractivity contribution in [2.24, 2.45) is 5.41 Å². The minimum Gasteiger partial charge on any atom is -0.497 e. The number of hydrogen-bond donors (Lipinski definition) is 0. The maximum absolute atomic E-state index is 6.43. The van der Waals surface area contributed by atoms with Crippen molar-refractivity contribution in [1.29, 1.82) is 0 Å². The van der Waals surface area contributed by atoms with Crippen molar-refractivity contribution in [1.82, 2.24) is 9.55 Å². The number of ether oxygens (including phenoxy) is 3. The van der Waals surface area contributed by atoms with Gasteiger partial charge in [0.2, 0.25) is 0 Å². The Morgan fingerprint density at radius 2 is 2.04 bits per heavy atom. The van der Waals surface area contributed by atoms with Crippen LogP contribution in [0, 0.1) is 5.41 Å². The number of aryl methyl sites for hydroxylation is 1. The average Bonchev–Trinajstić information content (AvgIpc) is 3.10. The molecule has 2 atom stereocenters. The summed E-state index contributed by atoms with van der Waals surface area (Å²) >= 11 is 0. The van der Waals surface area contributed by atoms with Crippen LogP contribution >= 0.6 is 0 Å². The summed E-state index contributed by atoms with van der Waals surface area (Å²) in [6.45, 7) is 7.83. The maximum atomic E-state index is 6.43. The number of imidazole rings is 1. The Labute approximate surface area is 149 Å². The first kappa shape index (κ1) is 18.0. The van der Waals surface area contributed by atoms with E-state index in [0.29, 0.717) is 13.2 Å². The molecule has 0 radical (unpaired) electrons. The van der Waals surface area contributed by atoms with Crippen LogP contribution < -0.4 is 4.74 Å². The van der Waals surface area contributed by atoms with Crippen LogP contribution in [-0.4, -0.2) is 35.2 Å². The summed E-state index contributed by atoms with van der Waals surface area (Å²) in [6, 6.07) is 8.18. The summed E-state index contributed by atoms with van der Waals surface area (Å²) in [5.74, 6) is 0.243. The molecule has 2 unspecified atom stereocenters. The molecule has 0 N–H and O–H groups in total. The molecule has 2 heterocycles. The fraction of sp³-hybridized carbons (Fsp3) is 0.550. The van der Waals surface area contributed by atoms with Gasteiger partial charge in [-0.1, -0.05) is 26.0 Å². The standard InChI is InChI=1S/C20H28N2O3/c1-16-19(2,3)14-24-20(25-16,13-22-12-11-21-15-22)10-9-17-5-7-18(23-4)8-6-17/h5-8,11-12,15-16H,9-10,13-14H2,1-4H3. The summed E-state index contributed by atoms with van der Waals surface area (Å²) in [5, 5.41) is 0. The molecule has 3 rings (SSSR count). The molecule has 0 spiro atoms. The fourth-order valence-corrected chi connectivity index (χ4v) is 3.03. The molecule has 0 amide bonds. The van der Waals surface area contributed by atoms with Gasteiger partial charge in [-0.25, -0.2) is 4.98 Å². The molecule has 5 nitrogen and oxygen atoms in total. The third-order valence-electron chi connectivity index (χ3n) is 5.14. The van der Waals surface area contributed by atoms with E-state index in [1.54, 1.807) is 13.3 Å². The van der Waals surface area contributed by atoms with Gasteiger partial charge in [0.1, 0.15) is 5.75 Å². The lowest BCUT2D eigenvalue weighted by Crippen LogP contribution is -2.54. The van der Waals surface area contributed by atoms with Gasteiger partial charge in [-0.15, -0.1) is 0 Å². The van der Waals surface area contributed by atoms with Gasteiger partial charge in [-0.2, -0.15) is 0 Å². The number of benzene rings is 1. The molecule has 1 saturated heterocycles. The summed E-state index contributed by atoms with van der Waals surface area (Å²) in [6.07, 6.45) is 7.34. The van der Waals surface area contributed by atoms with Gasteiger partial charge in [0.05, 0.1) is 32.7 Å². The van der Waals surface area contributed by atoms with Gasteiger partial charge in [0.25, 0.3) is 0 Å². The molecule has 0 saturated carbocycles. The van der Waals surface area contributed by atoms with Gasteiger partial charge in [0.15, 0.2) is 5.79 Å². The number of methoxy groups -OCH3 is 1. The fourth-order valence-electron chi connectivity index (χ4n) is 3.03. The first-order chi connectivity index (χ1) is 11.9. The predicted octanol–water partition coefficient (Wildman–Crippen LogP) is 3.68. The highest BCUT2D eigenvalue weighted by molar-refractivity contribution is 5.27. The van der Waals surface area contributed by atoms with Crippen molar-refractivity contribution in [2.45, 2.75) is 52.0 Å². The van der Waals surface area contributed by atoms with Crippen molar-refractivity contribution >= 4 is 0 Å². The SMILES string of the molecule is COc1ccc(CCC2(Cn3ccnc3)OCC(C)(C)C(C)O2)cc1. The number of nitrogens with zero attached hydrogens (tertiary/aromatic N) is 2. The van der Waals surface area contributed by atoms with E-state index in [1.165, 1.54) is 5.56 Å². The largest absolute Gasteiger partial charge is 0.497 e. The zero-order chi connectivity index (χ0) is 17.9. The van der Waals surface area contributed by atoms with Crippen LogP contribution in [0.1, 0.15) is 32.8 Å². The van der Waals surface area contributed by atoms with E-state index in [2.05, 4.69) is 37.9 Å². The molecular weight excluding hydrogens is 316 g/mol. The van der Waals surface area contributed by atoms with E-state index in [9.17, 15) is 0 Å². The predicted molar refractivity (Wildman–Crippen MR) is 96.6 cm³/mol. The molecule has 1 aromatic heterocycles. The topological polar surface area (TPSA) is 45.5 Å². The molecule has 1 aliphatic heterocycles. The van der Waals surface area contributed by atoms with Crippen molar-refractivity contribution < 1.29 is 14.2 Å². The summed E-state index contributed by atoms with van der Waals surface area (Å²) in [5.41, 5.74) is 1.26. The number of aromatic nitrogens is 2. The van der Waals surface area contributed by atoms with Crippen LogP contribution in [0.3, 0.4) is 0 Å². The highest BCUT2D eigenvalue weighted by Gasteiger charge is 2.44. The van der Waals surface area contributed by atoms with Crippen LogP contribution in [0.5, 0.6) is 5.75 Å². The molecule has 136 valence electrons. The van der Waals surface area contributed by atoms with Gasteiger partial charge in [-0.05, 0) is 31.0 Å². The lowest BCUT2D eigenvalue weighted by atomic mass is 9.86. The van der Waals surface area contributed by atoms with Gasteiger partial charge in [0, 0.05) is 24.2 Å². The van der Waals surface area contributed by atoms with E-state index in [0.717, 1.165) is 18.6 Å². The third kappa shape index (κ3) is 4.22. The van der Waals surface area contributed by atoms with Crippen molar-refractivity contribution in [3.05, 3.63) is 48.5 Å². The monoisotopic (exact) mass is 344 g/mol. The lowest BCUT2D eigenvalue weighted by Gasteiger charge is -2.47. The molecule has 2 aromatic rings. The van der Waals surface area contributed by atoms with Crippen LogP contribution in [0.15, 0.2) is 43.0 Å². The quantitative estimate of drug-likeness (QED) is 0.802. The van der Waals surface area contributed by atoms with Crippen LogP contribution in [0.25, 0.3) is 0 Å². The Morgan fingerprint density at radius 1 is 1.28 bits per heavy atom. The Kier molecular flexibility index (Phi) is 5.16. The van der Waals surface area contributed by atoms with Crippen molar-refractivity contribution in [3.8, 4) is 5.75 Å². The Morgan fingerprint density at radius 3 is 2.64 bits per heavy atom. The molecular formula is C20H28N2O3. The van der Waals surface area contributed by atoms with Crippen molar-refractivity contribution in [2.75, 3.05) is 13.7 Å². The second-order valence-corrected chi connectivity index (χ2v) is 7.53. The normalized spacial score (nSPS) is 25.7. The maximum Gasteiger partial charge on any atom is 0.186 e. The molecule has 1 aromatic carbocycles. The Balaban J connectivity index is 1.74. The second-order valence-electron chi connectivity index (χ2n) is 7.53. The smallest absolute Gasteiger partial charge is 0.186 e. The first-order valence-corrected chi connectivity index (χ1v) is 8.83. The van der Waals surface area contributed by atoms with Crippen LogP contribution in [0.4, 0.5) is 0 Å². The van der Waals surface area contributed by atoms with Gasteiger partial charge >= 0.3 is 0 Å². The molecule has 1 fully saturated rings. The highest BCUT2D eigenvalue weighted by atomic mass is 16.7. The highest BCUT2D eigenvalue weighted by Crippen LogP contribution is 2.38. The van der Waals surface area contributed by atoms with Gasteiger partial charge < -0.3 is 18.8 Å². The van der Waals surface area contributed by atoms with Gasteiger partial charge in [-0.3, -0.25) is 0 Å². The van der Waals surface area contributed by atoms with E-state index in [-0.39, 0.29) is 11.5 Å². The second kappa shape index (κ2) is 7.18. The molecule has 1 aliphatic rings. The van der Waals surface area contributed by atoms with Crippen LogP contribution in [0.2, 0.25) is 0 Å². The average molecular weight is 344 g/mol. The van der Waals surface area contributed by atoms with E-state index >= 15 is 0 Å². The van der Waals surface area contributed by atoms with Crippen LogP contribution in [-0.2, 0) is 22.4 Å². The van der Waals surface area contributed by atoms with E-state index < -0.39 is 5.79 Å².